The normalized spacial score (nSPS) is 18.5. The lowest BCUT2D eigenvalue weighted by Gasteiger charge is -2.24. The van der Waals surface area contributed by atoms with E-state index in [9.17, 15) is 18.8 Å². The summed E-state index contributed by atoms with van der Waals surface area (Å²) in [6.07, 6.45) is 4.44. The van der Waals surface area contributed by atoms with Crippen LogP contribution in [0.3, 0.4) is 0 Å². The van der Waals surface area contributed by atoms with Crippen molar-refractivity contribution in [2.45, 2.75) is 51.4 Å². The van der Waals surface area contributed by atoms with Gasteiger partial charge in [0.05, 0.1) is 11.6 Å². The minimum atomic E-state index is -0.588. The fourth-order valence-electron chi connectivity index (χ4n) is 3.70. The number of hydrogen-bond donors (Lipinski definition) is 1. The second-order valence-electron chi connectivity index (χ2n) is 7.14. The molecule has 0 spiro atoms. The average Bonchev–Trinajstić information content (AvgIpc) is 2.99. The van der Waals surface area contributed by atoms with Crippen LogP contribution in [0.25, 0.3) is 0 Å². The molecular weight excluding hydrogens is 401 g/mol. The summed E-state index contributed by atoms with van der Waals surface area (Å²) in [6, 6.07) is 2.50. The Morgan fingerprint density at radius 2 is 2.07 bits per heavy atom. The Balaban J connectivity index is 1.75. The Hall–Kier alpha value is -2.41. The summed E-state index contributed by atoms with van der Waals surface area (Å²) in [4.78, 5) is 35.9. The Bertz CT molecular complexity index is 867. The topological polar surface area (TPSA) is 81.7 Å². The molecule has 0 saturated carbocycles. The summed E-state index contributed by atoms with van der Waals surface area (Å²) in [6.45, 7) is 2.02. The molecule has 0 saturated heterocycles. The van der Waals surface area contributed by atoms with Gasteiger partial charge in [0.2, 0.25) is 0 Å². The number of amides is 2. The molecule has 1 unspecified atom stereocenters. The van der Waals surface area contributed by atoms with Gasteiger partial charge < -0.3 is 9.47 Å². The van der Waals surface area contributed by atoms with Crippen LogP contribution in [0.4, 0.5) is 4.39 Å². The number of nitrogens with one attached hydrogen (secondary N) is 1. The molecule has 29 heavy (non-hydrogen) atoms. The van der Waals surface area contributed by atoms with Crippen LogP contribution < -0.4 is 10.1 Å². The molecule has 1 aromatic carbocycles. The molecule has 1 heterocycles. The average molecular weight is 424 g/mol. The largest absolute Gasteiger partial charge is 0.480 e. The van der Waals surface area contributed by atoms with Crippen molar-refractivity contribution in [1.82, 2.24) is 5.32 Å². The van der Waals surface area contributed by atoms with Crippen LogP contribution in [0.1, 0.15) is 56.9 Å². The van der Waals surface area contributed by atoms with E-state index in [-0.39, 0.29) is 22.9 Å². The van der Waals surface area contributed by atoms with Crippen molar-refractivity contribution < 1.29 is 28.2 Å². The molecule has 1 N–H and O–H groups in total. The highest BCUT2D eigenvalue weighted by molar-refractivity contribution is 6.32. The van der Waals surface area contributed by atoms with Gasteiger partial charge in [0.15, 0.2) is 6.61 Å². The van der Waals surface area contributed by atoms with E-state index in [2.05, 4.69) is 12.2 Å². The van der Waals surface area contributed by atoms with Crippen molar-refractivity contribution in [2.75, 3.05) is 13.2 Å². The predicted molar refractivity (Wildman–Crippen MR) is 104 cm³/mol. The molecule has 1 aliphatic carbocycles. The minimum absolute atomic E-state index is 0.0157. The second kappa shape index (κ2) is 9.39. The first kappa shape index (κ1) is 21.3. The van der Waals surface area contributed by atoms with Crippen molar-refractivity contribution in [1.29, 1.82) is 0 Å². The van der Waals surface area contributed by atoms with Gasteiger partial charge in [-0.05, 0) is 43.4 Å². The molecule has 0 aromatic heterocycles. The van der Waals surface area contributed by atoms with Gasteiger partial charge in [-0.2, -0.15) is 0 Å². The smallest absolute Gasteiger partial charge is 0.344 e. The van der Waals surface area contributed by atoms with Crippen molar-refractivity contribution in [3.8, 4) is 5.75 Å². The molecule has 2 amide bonds. The zero-order valence-corrected chi connectivity index (χ0v) is 16.9. The van der Waals surface area contributed by atoms with Gasteiger partial charge in [0.1, 0.15) is 11.6 Å². The lowest BCUT2D eigenvalue weighted by atomic mass is 9.79. The molecule has 2 aliphatic rings. The van der Waals surface area contributed by atoms with E-state index in [0.717, 1.165) is 25.3 Å². The summed E-state index contributed by atoms with van der Waals surface area (Å²) in [7, 11) is 0. The third-order valence-corrected chi connectivity index (χ3v) is 5.42. The first-order valence-electron chi connectivity index (χ1n) is 9.78. The summed E-state index contributed by atoms with van der Waals surface area (Å²) >= 11 is 6.07. The van der Waals surface area contributed by atoms with Crippen molar-refractivity contribution in [2.24, 2.45) is 0 Å². The van der Waals surface area contributed by atoms with Crippen LogP contribution in [0.15, 0.2) is 23.3 Å². The Morgan fingerprint density at radius 1 is 1.28 bits per heavy atom. The first-order chi connectivity index (χ1) is 13.9. The third-order valence-electron chi connectivity index (χ3n) is 5.12. The number of ether oxygens (including phenoxy) is 2. The molecule has 156 valence electrons. The molecule has 8 heteroatoms. The number of benzene rings is 1. The van der Waals surface area contributed by atoms with Gasteiger partial charge in [0.25, 0.3) is 11.8 Å². The number of rotatable bonds is 8. The van der Waals surface area contributed by atoms with E-state index in [1.54, 1.807) is 0 Å². The van der Waals surface area contributed by atoms with Gasteiger partial charge in [-0.1, -0.05) is 31.4 Å². The molecule has 0 radical (unpaired) electrons. The van der Waals surface area contributed by atoms with Crippen LogP contribution in [-0.4, -0.2) is 31.0 Å². The van der Waals surface area contributed by atoms with E-state index in [1.165, 1.54) is 6.07 Å². The first-order valence-corrected chi connectivity index (χ1v) is 10.2. The predicted octanol–water partition coefficient (Wildman–Crippen LogP) is 3.81. The Morgan fingerprint density at radius 3 is 2.83 bits per heavy atom. The highest BCUT2D eigenvalue weighted by Crippen LogP contribution is 2.43. The molecule has 1 aliphatic heterocycles. The number of hydrogen-bond acceptors (Lipinski definition) is 5. The monoisotopic (exact) mass is 423 g/mol. The highest BCUT2D eigenvalue weighted by atomic mass is 35.5. The standard InChI is InChI=1S/C21H23ClFNO5/c1-2-3-4-8-28-18(25)11-29-17-9-14(16(23)10-15(17)22)12-6-5-7-13-19(12)21(27)24-20(13)26/h9-10,12H,2-8,11H2,1H3,(H,24,26,27). The molecular formula is C21H23ClFNO5. The molecule has 1 aromatic rings. The van der Waals surface area contributed by atoms with Crippen LogP contribution in [0.2, 0.25) is 5.02 Å². The third kappa shape index (κ3) is 4.78. The molecule has 3 rings (SSSR count). The SMILES string of the molecule is CCCCCOC(=O)COc1cc(C2CCCC3=C2C(=O)NC3=O)c(F)cc1Cl. The van der Waals surface area contributed by atoms with E-state index in [4.69, 9.17) is 21.1 Å². The van der Waals surface area contributed by atoms with E-state index < -0.39 is 29.5 Å². The van der Waals surface area contributed by atoms with Crippen molar-refractivity contribution >= 4 is 29.4 Å². The highest BCUT2D eigenvalue weighted by Gasteiger charge is 2.39. The zero-order valence-electron chi connectivity index (χ0n) is 16.2. The van der Waals surface area contributed by atoms with Crippen molar-refractivity contribution in [3.05, 3.63) is 39.7 Å². The fourth-order valence-corrected chi connectivity index (χ4v) is 3.90. The van der Waals surface area contributed by atoms with Gasteiger partial charge in [-0.3, -0.25) is 14.9 Å². The van der Waals surface area contributed by atoms with E-state index in [1.807, 2.05) is 0 Å². The number of unbranched alkanes of at least 4 members (excludes halogenated alkanes) is 2. The van der Waals surface area contributed by atoms with Crippen LogP contribution in [0, 0.1) is 5.82 Å². The van der Waals surface area contributed by atoms with Gasteiger partial charge in [0, 0.05) is 17.1 Å². The van der Waals surface area contributed by atoms with Crippen LogP contribution in [-0.2, 0) is 19.1 Å². The number of esters is 1. The van der Waals surface area contributed by atoms with Gasteiger partial charge in [-0.15, -0.1) is 0 Å². The number of carbonyl (C=O) groups excluding carboxylic acids is 3. The molecule has 6 nitrogen and oxygen atoms in total. The van der Waals surface area contributed by atoms with Gasteiger partial charge >= 0.3 is 5.97 Å². The maximum absolute atomic E-state index is 14.7. The minimum Gasteiger partial charge on any atom is -0.480 e. The summed E-state index contributed by atoms with van der Waals surface area (Å²) in [5.74, 6) is -2.45. The Labute approximate surface area is 173 Å². The maximum atomic E-state index is 14.7. The molecule has 0 bridgehead atoms. The van der Waals surface area contributed by atoms with Crippen LogP contribution >= 0.6 is 11.6 Å². The lowest BCUT2D eigenvalue weighted by Crippen LogP contribution is -2.24. The summed E-state index contributed by atoms with van der Waals surface area (Å²) in [5.41, 5.74) is 0.945. The fraction of sp³-hybridized carbons (Fsp3) is 0.476. The molecule has 1 atom stereocenters. The van der Waals surface area contributed by atoms with E-state index >= 15 is 0 Å². The summed E-state index contributed by atoms with van der Waals surface area (Å²) < 4.78 is 25.2. The second-order valence-corrected chi connectivity index (χ2v) is 7.55. The quantitative estimate of drug-likeness (QED) is 0.390. The van der Waals surface area contributed by atoms with Crippen molar-refractivity contribution in [3.63, 3.8) is 0 Å². The number of carbonyl (C=O) groups is 3. The number of halogens is 2. The number of imide groups is 1. The molecule has 0 fully saturated rings. The van der Waals surface area contributed by atoms with E-state index in [0.29, 0.717) is 37.0 Å². The Kier molecular flexibility index (Phi) is 6.90. The maximum Gasteiger partial charge on any atom is 0.344 e. The van der Waals surface area contributed by atoms with Gasteiger partial charge in [-0.25, -0.2) is 9.18 Å². The lowest BCUT2D eigenvalue weighted by molar-refractivity contribution is -0.146. The summed E-state index contributed by atoms with van der Waals surface area (Å²) in [5, 5.41) is 2.30. The van der Waals surface area contributed by atoms with Crippen LogP contribution in [0.5, 0.6) is 5.75 Å². The zero-order chi connectivity index (χ0) is 21.0.